The number of carboxylic acids is 1. The molecule has 0 aliphatic carbocycles. The summed E-state index contributed by atoms with van der Waals surface area (Å²) < 4.78 is 0. The Hall–Kier alpha value is -1.26. The maximum atomic E-state index is 11.9. The summed E-state index contributed by atoms with van der Waals surface area (Å²) in [6, 6.07) is -1.16. The van der Waals surface area contributed by atoms with Crippen LogP contribution < -0.4 is 5.32 Å². The quantitative estimate of drug-likeness (QED) is 0.748. The molecule has 100 valence electrons. The lowest BCUT2D eigenvalue weighted by molar-refractivity contribution is -0.138. The Morgan fingerprint density at radius 1 is 1.06 bits per heavy atom. The second kappa shape index (κ2) is 7.14. The summed E-state index contributed by atoms with van der Waals surface area (Å²) in [6.07, 6.45) is 0. The van der Waals surface area contributed by atoms with Crippen molar-refractivity contribution in [3.05, 3.63) is 0 Å². The van der Waals surface area contributed by atoms with E-state index in [1.54, 1.807) is 4.90 Å². The topological polar surface area (TPSA) is 69.6 Å². The number of nitrogens with one attached hydrogen (secondary N) is 1. The number of hydrogen-bond acceptors (Lipinski definition) is 2. The Morgan fingerprint density at radius 2 is 1.47 bits per heavy atom. The van der Waals surface area contributed by atoms with E-state index in [4.69, 9.17) is 5.11 Å². The third kappa shape index (κ3) is 6.81. The average molecular weight is 244 g/mol. The van der Waals surface area contributed by atoms with Gasteiger partial charge in [0.05, 0.1) is 0 Å². The first-order valence-corrected chi connectivity index (χ1v) is 6.02. The maximum absolute atomic E-state index is 11.9. The largest absolute Gasteiger partial charge is 0.480 e. The molecule has 0 fully saturated rings. The van der Waals surface area contributed by atoms with Gasteiger partial charge in [-0.25, -0.2) is 4.79 Å². The summed E-state index contributed by atoms with van der Waals surface area (Å²) in [5.41, 5.74) is 0. The van der Waals surface area contributed by atoms with Crippen LogP contribution >= 0.6 is 0 Å². The normalized spacial score (nSPS) is 12.6. The minimum absolute atomic E-state index is 0.303. The number of amides is 2. The van der Waals surface area contributed by atoms with Crippen LogP contribution in [0.25, 0.3) is 0 Å². The van der Waals surface area contributed by atoms with E-state index in [0.717, 1.165) is 0 Å². The predicted molar refractivity (Wildman–Crippen MR) is 66.9 cm³/mol. The fraction of sp³-hybridized carbons (Fsp3) is 0.833. The number of carboxylic acid groups (broad SMARTS) is 1. The van der Waals surface area contributed by atoms with E-state index in [1.807, 2.05) is 27.7 Å². The van der Waals surface area contributed by atoms with Crippen LogP contribution in [0.3, 0.4) is 0 Å². The molecule has 0 bridgehead atoms. The molecule has 0 spiro atoms. The average Bonchev–Trinajstić information content (AvgIpc) is 2.14. The minimum Gasteiger partial charge on any atom is -0.480 e. The van der Waals surface area contributed by atoms with Crippen molar-refractivity contribution in [3.63, 3.8) is 0 Å². The van der Waals surface area contributed by atoms with Crippen molar-refractivity contribution in [1.29, 1.82) is 0 Å². The van der Waals surface area contributed by atoms with Crippen molar-refractivity contribution >= 4 is 12.0 Å². The fourth-order valence-electron chi connectivity index (χ4n) is 1.46. The van der Waals surface area contributed by atoms with Crippen molar-refractivity contribution in [1.82, 2.24) is 10.2 Å². The highest BCUT2D eigenvalue weighted by atomic mass is 16.4. The molecule has 0 unspecified atom stereocenters. The SMILES string of the molecule is CC(C)CN(CC(C)C)C(=O)N[C@H](C)C(=O)O. The highest BCUT2D eigenvalue weighted by Gasteiger charge is 2.20. The molecule has 0 aromatic rings. The molecule has 5 nitrogen and oxygen atoms in total. The first-order chi connectivity index (χ1) is 7.73. The molecule has 17 heavy (non-hydrogen) atoms. The van der Waals surface area contributed by atoms with E-state index in [0.29, 0.717) is 24.9 Å². The smallest absolute Gasteiger partial charge is 0.325 e. The maximum Gasteiger partial charge on any atom is 0.325 e. The molecule has 0 aliphatic rings. The number of urea groups is 1. The van der Waals surface area contributed by atoms with Crippen molar-refractivity contribution in [2.45, 2.75) is 40.7 Å². The van der Waals surface area contributed by atoms with Crippen LogP contribution in [0, 0.1) is 11.8 Å². The second-order valence-corrected chi connectivity index (χ2v) is 5.20. The Labute approximate surface area is 103 Å². The molecule has 0 aliphatic heterocycles. The van der Waals surface area contributed by atoms with Gasteiger partial charge < -0.3 is 15.3 Å². The predicted octanol–water partition coefficient (Wildman–Crippen LogP) is 1.78. The molecule has 2 N–H and O–H groups in total. The van der Waals surface area contributed by atoms with Crippen LogP contribution in [0.15, 0.2) is 0 Å². The van der Waals surface area contributed by atoms with Crippen molar-refractivity contribution < 1.29 is 14.7 Å². The lowest BCUT2D eigenvalue weighted by Gasteiger charge is -2.27. The Kier molecular flexibility index (Phi) is 6.61. The zero-order valence-electron chi connectivity index (χ0n) is 11.4. The molecule has 2 amide bonds. The third-order valence-electron chi connectivity index (χ3n) is 2.17. The molecule has 0 rings (SSSR count). The van der Waals surface area contributed by atoms with Crippen LogP contribution in [0.1, 0.15) is 34.6 Å². The van der Waals surface area contributed by atoms with E-state index in [-0.39, 0.29) is 6.03 Å². The van der Waals surface area contributed by atoms with Crippen LogP contribution in [0.4, 0.5) is 4.79 Å². The van der Waals surface area contributed by atoms with Gasteiger partial charge in [0.1, 0.15) is 6.04 Å². The summed E-state index contributed by atoms with van der Waals surface area (Å²) in [6.45, 7) is 10.8. The molecule has 0 heterocycles. The summed E-state index contributed by atoms with van der Waals surface area (Å²) in [7, 11) is 0. The first-order valence-electron chi connectivity index (χ1n) is 6.02. The molecule has 0 saturated carbocycles. The van der Waals surface area contributed by atoms with Gasteiger partial charge in [0.15, 0.2) is 0 Å². The second-order valence-electron chi connectivity index (χ2n) is 5.20. The molecule has 0 aromatic carbocycles. The van der Waals surface area contributed by atoms with Gasteiger partial charge in [-0.3, -0.25) is 4.79 Å². The van der Waals surface area contributed by atoms with Crippen molar-refractivity contribution in [2.75, 3.05) is 13.1 Å². The molecule has 0 aromatic heterocycles. The molecule has 1 atom stereocenters. The zero-order valence-corrected chi connectivity index (χ0v) is 11.4. The number of aliphatic carboxylic acids is 1. The summed E-state index contributed by atoms with van der Waals surface area (Å²) >= 11 is 0. The molecule has 5 heteroatoms. The number of nitrogens with zero attached hydrogens (tertiary/aromatic N) is 1. The molecular weight excluding hydrogens is 220 g/mol. The number of carbonyl (C=O) groups is 2. The molecule has 0 saturated heterocycles. The highest BCUT2D eigenvalue weighted by molar-refractivity contribution is 5.82. The van der Waals surface area contributed by atoms with E-state index < -0.39 is 12.0 Å². The zero-order chi connectivity index (χ0) is 13.6. The van der Waals surface area contributed by atoms with E-state index in [9.17, 15) is 9.59 Å². The fourth-order valence-corrected chi connectivity index (χ4v) is 1.46. The standard InChI is InChI=1S/C12H24N2O3/c1-8(2)6-14(7-9(3)4)12(17)13-10(5)11(15)16/h8-10H,6-7H2,1-5H3,(H,13,17)(H,15,16)/t10-/m1/s1. The third-order valence-corrected chi connectivity index (χ3v) is 2.17. The van der Waals surface area contributed by atoms with Gasteiger partial charge in [-0.05, 0) is 18.8 Å². The lowest BCUT2D eigenvalue weighted by atomic mass is 10.1. The first kappa shape index (κ1) is 15.7. The number of carbonyl (C=O) groups excluding carboxylic acids is 1. The molecular formula is C12H24N2O3. The van der Waals surface area contributed by atoms with Gasteiger partial charge in [-0.2, -0.15) is 0 Å². The van der Waals surface area contributed by atoms with Crippen LogP contribution in [-0.2, 0) is 4.79 Å². The van der Waals surface area contributed by atoms with E-state index in [2.05, 4.69) is 5.32 Å². The Bertz CT molecular complexity index is 254. The van der Waals surface area contributed by atoms with E-state index in [1.165, 1.54) is 6.92 Å². The monoisotopic (exact) mass is 244 g/mol. The van der Waals surface area contributed by atoms with Gasteiger partial charge in [-0.1, -0.05) is 27.7 Å². The van der Waals surface area contributed by atoms with Gasteiger partial charge in [0.2, 0.25) is 0 Å². The van der Waals surface area contributed by atoms with Gasteiger partial charge >= 0.3 is 12.0 Å². The van der Waals surface area contributed by atoms with Gasteiger partial charge in [0, 0.05) is 13.1 Å². The lowest BCUT2D eigenvalue weighted by Crippen LogP contribution is -2.48. The Morgan fingerprint density at radius 3 is 1.76 bits per heavy atom. The summed E-state index contributed by atoms with van der Waals surface area (Å²) in [5, 5.41) is 11.2. The number of hydrogen-bond donors (Lipinski definition) is 2. The van der Waals surface area contributed by atoms with E-state index >= 15 is 0 Å². The molecule has 0 radical (unpaired) electrons. The van der Waals surface area contributed by atoms with Gasteiger partial charge in [-0.15, -0.1) is 0 Å². The summed E-state index contributed by atoms with van der Waals surface area (Å²) in [5.74, 6) is -0.299. The van der Waals surface area contributed by atoms with Crippen molar-refractivity contribution in [2.24, 2.45) is 11.8 Å². The number of rotatable bonds is 6. The van der Waals surface area contributed by atoms with Crippen LogP contribution in [0.5, 0.6) is 0 Å². The van der Waals surface area contributed by atoms with Crippen LogP contribution in [0.2, 0.25) is 0 Å². The van der Waals surface area contributed by atoms with Crippen LogP contribution in [-0.4, -0.2) is 41.1 Å². The van der Waals surface area contributed by atoms with Crippen molar-refractivity contribution in [3.8, 4) is 0 Å². The highest BCUT2D eigenvalue weighted by Crippen LogP contribution is 2.04. The Balaban J connectivity index is 4.46. The summed E-state index contributed by atoms with van der Waals surface area (Å²) in [4.78, 5) is 24.2. The minimum atomic E-state index is -1.02. The van der Waals surface area contributed by atoms with Gasteiger partial charge in [0.25, 0.3) is 0 Å².